The fourth-order valence-corrected chi connectivity index (χ4v) is 3.63. The minimum Gasteiger partial charge on any atom is -0.369 e. The Kier molecular flexibility index (Phi) is 4.94. The highest BCUT2D eigenvalue weighted by atomic mass is 19.4. The maximum atomic E-state index is 13.6. The number of aliphatic imine (C=N–C) groups is 1. The highest BCUT2D eigenvalue weighted by molar-refractivity contribution is 6.06. The largest absolute Gasteiger partial charge is 0.418 e. The molecule has 0 atom stereocenters. The van der Waals surface area contributed by atoms with Gasteiger partial charge in [-0.1, -0.05) is 12.1 Å². The van der Waals surface area contributed by atoms with Crippen molar-refractivity contribution in [3.63, 3.8) is 0 Å². The van der Waals surface area contributed by atoms with Crippen molar-refractivity contribution in [2.24, 2.45) is 4.99 Å². The molecule has 0 fully saturated rings. The molecule has 0 unspecified atom stereocenters. The van der Waals surface area contributed by atoms with Gasteiger partial charge in [0.1, 0.15) is 0 Å². The lowest BCUT2D eigenvalue weighted by Crippen LogP contribution is -2.17. The molecule has 2 aromatic rings. The van der Waals surface area contributed by atoms with Crippen LogP contribution in [-0.4, -0.2) is 16.9 Å². The van der Waals surface area contributed by atoms with Gasteiger partial charge in [0.05, 0.1) is 35.2 Å². The molecule has 7 heteroatoms. The lowest BCUT2D eigenvalue weighted by molar-refractivity contribution is -0.0864. The number of aromatic amines is 1. The normalized spacial score (nSPS) is 15.8. The van der Waals surface area contributed by atoms with Crippen molar-refractivity contribution in [3.8, 4) is 6.07 Å². The van der Waals surface area contributed by atoms with Crippen molar-refractivity contribution >= 4 is 17.0 Å². The number of alkyl halides is 3. The lowest BCUT2D eigenvalue weighted by atomic mass is 9.94. The molecule has 0 spiro atoms. The number of hydrogen-bond acceptors (Lipinski definition) is 2. The van der Waals surface area contributed by atoms with E-state index < -0.39 is 11.7 Å². The average molecular weight is 394 g/mol. The number of nitriles is 1. The monoisotopic (exact) mass is 394 g/mol. The smallest absolute Gasteiger partial charge is 0.369 e. The molecule has 1 N–H and O–H groups in total. The van der Waals surface area contributed by atoms with Crippen LogP contribution in [0.3, 0.4) is 0 Å². The molecular weight excluding hydrogens is 377 g/mol. The molecular formula is C22H17F3N4. The zero-order valence-electron chi connectivity index (χ0n) is 16.3. The Hall–Kier alpha value is -3.58. The lowest BCUT2D eigenvalue weighted by Gasteiger charge is -2.13. The third kappa shape index (κ3) is 3.36. The first-order chi connectivity index (χ1) is 13.6. The van der Waals surface area contributed by atoms with Gasteiger partial charge < -0.3 is 4.98 Å². The summed E-state index contributed by atoms with van der Waals surface area (Å²) in [6, 6.07) is 8.59. The molecule has 3 rings (SSSR count). The van der Waals surface area contributed by atoms with Gasteiger partial charge in [-0.15, -0.1) is 0 Å². The summed E-state index contributed by atoms with van der Waals surface area (Å²) < 4.78 is 40.7. The summed E-state index contributed by atoms with van der Waals surface area (Å²) in [6.45, 7) is 13.6. The zero-order chi connectivity index (χ0) is 21.5. The molecule has 0 amide bonds. The first kappa shape index (κ1) is 20.2. The molecule has 1 aromatic heterocycles. The molecule has 0 bridgehead atoms. The van der Waals surface area contributed by atoms with E-state index in [-0.39, 0.29) is 17.0 Å². The van der Waals surface area contributed by atoms with E-state index in [0.717, 1.165) is 0 Å². The molecule has 0 saturated heterocycles. The van der Waals surface area contributed by atoms with Crippen molar-refractivity contribution in [1.29, 1.82) is 5.26 Å². The Labute approximate surface area is 166 Å². The maximum absolute atomic E-state index is 13.6. The Bertz CT molecular complexity index is 1170. The third-order valence-electron chi connectivity index (χ3n) is 4.95. The number of rotatable bonds is 2. The number of halogens is 3. The van der Waals surface area contributed by atoms with Gasteiger partial charge in [0.25, 0.3) is 0 Å². The summed E-state index contributed by atoms with van der Waals surface area (Å²) in [5, 5.41) is 9.06. The van der Waals surface area contributed by atoms with Gasteiger partial charge >= 0.3 is 6.18 Å². The molecule has 1 aromatic carbocycles. The number of nitrogens with zero attached hydrogens (tertiary/aromatic N) is 3. The number of H-pyrrole nitrogens is 1. The van der Waals surface area contributed by atoms with Gasteiger partial charge in [0.2, 0.25) is 5.69 Å². The number of aromatic nitrogens is 1. The van der Waals surface area contributed by atoms with Crippen LogP contribution in [0.15, 0.2) is 46.1 Å². The molecule has 4 nitrogen and oxygen atoms in total. The van der Waals surface area contributed by atoms with Gasteiger partial charge in [-0.3, -0.25) is 4.99 Å². The number of hydrogen-bond donors (Lipinski definition) is 1. The van der Waals surface area contributed by atoms with E-state index in [1.807, 2.05) is 6.07 Å². The molecule has 1 aliphatic heterocycles. The number of allylic oxidation sites excluding steroid dienone is 2. The van der Waals surface area contributed by atoms with Crippen molar-refractivity contribution in [2.45, 2.75) is 33.9 Å². The van der Waals surface area contributed by atoms with Crippen LogP contribution in [0, 0.1) is 31.8 Å². The van der Waals surface area contributed by atoms with E-state index in [4.69, 9.17) is 11.8 Å². The maximum Gasteiger partial charge on any atom is 0.418 e. The van der Waals surface area contributed by atoms with Crippen molar-refractivity contribution in [1.82, 2.24) is 4.98 Å². The fraction of sp³-hybridized carbons (Fsp3) is 0.227. The Morgan fingerprint density at radius 2 is 1.76 bits per heavy atom. The van der Waals surface area contributed by atoms with Crippen LogP contribution in [0.4, 0.5) is 18.9 Å². The Morgan fingerprint density at radius 1 is 1.14 bits per heavy atom. The summed E-state index contributed by atoms with van der Waals surface area (Å²) in [7, 11) is 0. The number of nitrogens with one attached hydrogen (secondary N) is 1. The van der Waals surface area contributed by atoms with Crippen LogP contribution in [0.1, 0.15) is 41.9 Å². The third-order valence-corrected chi connectivity index (χ3v) is 4.95. The number of benzene rings is 1. The average Bonchev–Trinajstić information content (AvgIpc) is 3.11. The van der Waals surface area contributed by atoms with Crippen LogP contribution in [-0.2, 0) is 0 Å². The summed E-state index contributed by atoms with van der Waals surface area (Å²) in [4.78, 5) is 10.9. The fourth-order valence-electron chi connectivity index (χ4n) is 3.63. The van der Waals surface area contributed by atoms with Crippen LogP contribution in [0.5, 0.6) is 0 Å². The topological polar surface area (TPSA) is 56.3 Å². The van der Waals surface area contributed by atoms with E-state index in [9.17, 15) is 13.2 Å². The zero-order valence-corrected chi connectivity index (χ0v) is 16.3. The summed E-state index contributed by atoms with van der Waals surface area (Å²) in [6.07, 6.45) is -4.52. The Balaban J connectivity index is 2.40. The van der Waals surface area contributed by atoms with E-state index in [1.165, 1.54) is 13.8 Å². The number of aryl methyl sites for hydroxylation is 1. The predicted molar refractivity (Wildman–Crippen MR) is 106 cm³/mol. The van der Waals surface area contributed by atoms with Crippen molar-refractivity contribution in [3.05, 3.63) is 80.6 Å². The van der Waals surface area contributed by atoms with Crippen molar-refractivity contribution < 1.29 is 13.2 Å². The highest BCUT2D eigenvalue weighted by Gasteiger charge is 2.41. The quantitative estimate of drug-likeness (QED) is 0.609. The molecule has 29 heavy (non-hydrogen) atoms. The second kappa shape index (κ2) is 7.10. The Morgan fingerprint density at radius 3 is 2.21 bits per heavy atom. The molecule has 0 saturated carbocycles. The summed E-state index contributed by atoms with van der Waals surface area (Å²) in [5.74, 6) is 0. The first-order valence-corrected chi connectivity index (χ1v) is 8.76. The molecule has 0 aliphatic carbocycles. The minimum absolute atomic E-state index is 0.0328. The molecule has 0 radical (unpaired) electrons. The molecule has 2 heterocycles. The van der Waals surface area contributed by atoms with Gasteiger partial charge in [-0.05, 0) is 56.5 Å². The second-order valence-electron chi connectivity index (χ2n) is 6.82. The van der Waals surface area contributed by atoms with Crippen molar-refractivity contribution in [2.75, 3.05) is 0 Å². The summed E-state index contributed by atoms with van der Waals surface area (Å²) in [5.41, 5.74) is 3.18. The minimum atomic E-state index is -4.52. The van der Waals surface area contributed by atoms with E-state index in [1.54, 1.807) is 38.1 Å². The van der Waals surface area contributed by atoms with E-state index in [0.29, 0.717) is 39.3 Å². The van der Waals surface area contributed by atoms with Crippen LogP contribution in [0.2, 0.25) is 0 Å². The first-order valence-electron chi connectivity index (χ1n) is 8.76. The van der Waals surface area contributed by atoms with Gasteiger partial charge in [0.15, 0.2) is 0 Å². The SMILES string of the molecule is [C-]#[N+]c1c(C)[nH]c(/C(=C2\N=C(C)C(C(F)(F)F)=C2C)c2ccc(C#N)cc2)c1C. The summed E-state index contributed by atoms with van der Waals surface area (Å²) >= 11 is 0. The van der Waals surface area contributed by atoms with Gasteiger partial charge in [0, 0.05) is 17.0 Å². The molecule has 146 valence electrons. The van der Waals surface area contributed by atoms with Crippen LogP contribution >= 0.6 is 0 Å². The van der Waals surface area contributed by atoms with E-state index in [2.05, 4.69) is 14.8 Å². The second-order valence-corrected chi connectivity index (χ2v) is 6.82. The molecule has 1 aliphatic rings. The van der Waals surface area contributed by atoms with Gasteiger partial charge in [-0.25, -0.2) is 4.85 Å². The van der Waals surface area contributed by atoms with E-state index >= 15 is 0 Å². The van der Waals surface area contributed by atoms with Crippen LogP contribution < -0.4 is 0 Å². The highest BCUT2D eigenvalue weighted by Crippen LogP contribution is 2.43. The van der Waals surface area contributed by atoms with Gasteiger partial charge in [-0.2, -0.15) is 18.4 Å². The predicted octanol–water partition coefficient (Wildman–Crippen LogP) is 6.17. The van der Waals surface area contributed by atoms with Crippen LogP contribution in [0.25, 0.3) is 10.4 Å². The standard InChI is InChI=1S/C22H17F3N4/c1-11-18(22(23,24)25)13(3)28-20(11)17(16-8-6-15(10-26)7-9-16)21-12(2)19(27-5)14(4)29-21/h6-9,29H,1-4H3/b20-17-.